The summed E-state index contributed by atoms with van der Waals surface area (Å²) in [6, 6.07) is 28.0. The van der Waals surface area contributed by atoms with Crippen molar-refractivity contribution >= 4 is 11.9 Å². The van der Waals surface area contributed by atoms with Gasteiger partial charge in [0.1, 0.15) is 12.4 Å². The van der Waals surface area contributed by atoms with E-state index in [0.717, 1.165) is 22.6 Å². The summed E-state index contributed by atoms with van der Waals surface area (Å²) in [6.07, 6.45) is 1.84. The molecule has 0 N–H and O–H groups in total. The summed E-state index contributed by atoms with van der Waals surface area (Å²) in [7, 11) is 0. The lowest BCUT2D eigenvalue weighted by atomic mass is 10.2. The fourth-order valence-electron chi connectivity index (χ4n) is 2.11. The number of aliphatic imine (C=N–C) groups is 1. The molecule has 3 aromatic rings. The maximum Gasteiger partial charge on any atom is 0.128 e. The van der Waals surface area contributed by atoms with Gasteiger partial charge in [0.2, 0.25) is 0 Å². The third kappa shape index (κ3) is 3.83. The van der Waals surface area contributed by atoms with Gasteiger partial charge in [-0.2, -0.15) is 0 Å². The highest BCUT2D eigenvalue weighted by atomic mass is 16.5. The molecule has 0 aliphatic rings. The standard InChI is InChI=1S/C20H17NO/c1-3-9-17(10-4-1)16-22-20-14-8-7-11-18(20)15-21-19-12-5-2-6-13-19/h1-15H,16H2. The van der Waals surface area contributed by atoms with Crippen LogP contribution in [0.25, 0.3) is 0 Å². The Morgan fingerprint density at radius 1 is 0.727 bits per heavy atom. The summed E-state index contributed by atoms with van der Waals surface area (Å²) in [5, 5.41) is 0. The molecule has 108 valence electrons. The zero-order valence-electron chi connectivity index (χ0n) is 12.2. The molecule has 0 spiro atoms. The first-order chi connectivity index (χ1) is 10.9. The molecule has 0 unspecified atom stereocenters. The number of ether oxygens (including phenoxy) is 1. The molecule has 3 aromatic carbocycles. The van der Waals surface area contributed by atoms with Crippen LogP contribution in [-0.4, -0.2) is 6.21 Å². The molecule has 0 amide bonds. The van der Waals surface area contributed by atoms with E-state index in [1.807, 2.05) is 79.0 Å². The lowest BCUT2D eigenvalue weighted by Gasteiger charge is -2.08. The Balaban J connectivity index is 1.74. The van der Waals surface area contributed by atoms with Crippen LogP contribution in [0.4, 0.5) is 5.69 Å². The predicted octanol–water partition coefficient (Wildman–Crippen LogP) is 5.02. The summed E-state index contributed by atoms with van der Waals surface area (Å²) < 4.78 is 5.92. The van der Waals surface area contributed by atoms with Crippen LogP contribution in [0, 0.1) is 0 Å². The molecule has 0 fully saturated rings. The van der Waals surface area contributed by atoms with Crippen molar-refractivity contribution in [3.05, 3.63) is 96.1 Å². The average Bonchev–Trinajstić information content (AvgIpc) is 2.61. The van der Waals surface area contributed by atoms with Gasteiger partial charge in [-0.3, -0.25) is 4.99 Å². The van der Waals surface area contributed by atoms with E-state index in [0.29, 0.717) is 6.61 Å². The Kier molecular flexibility index (Phi) is 4.63. The van der Waals surface area contributed by atoms with Gasteiger partial charge in [-0.25, -0.2) is 0 Å². The molecule has 3 rings (SSSR count). The van der Waals surface area contributed by atoms with Crippen molar-refractivity contribution in [2.75, 3.05) is 0 Å². The second-order valence-corrected chi connectivity index (χ2v) is 4.91. The van der Waals surface area contributed by atoms with Gasteiger partial charge >= 0.3 is 0 Å². The van der Waals surface area contributed by atoms with Crippen LogP contribution in [-0.2, 0) is 6.61 Å². The van der Waals surface area contributed by atoms with E-state index in [2.05, 4.69) is 17.1 Å². The molecule has 0 saturated carbocycles. The van der Waals surface area contributed by atoms with Crippen LogP contribution in [0.15, 0.2) is 89.9 Å². The highest BCUT2D eigenvalue weighted by Crippen LogP contribution is 2.19. The number of nitrogens with zero attached hydrogens (tertiary/aromatic N) is 1. The largest absolute Gasteiger partial charge is 0.488 e. The Hall–Kier alpha value is -2.87. The number of hydrogen-bond acceptors (Lipinski definition) is 2. The highest BCUT2D eigenvalue weighted by molar-refractivity contribution is 5.85. The van der Waals surface area contributed by atoms with Gasteiger partial charge in [-0.15, -0.1) is 0 Å². The van der Waals surface area contributed by atoms with Crippen LogP contribution < -0.4 is 4.74 Å². The molecule has 0 atom stereocenters. The topological polar surface area (TPSA) is 21.6 Å². The van der Waals surface area contributed by atoms with Crippen LogP contribution in [0.3, 0.4) is 0 Å². The van der Waals surface area contributed by atoms with Crippen molar-refractivity contribution in [2.24, 2.45) is 4.99 Å². The normalized spacial score (nSPS) is 10.7. The molecule has 0 aliphatic heterocycles. The van der Waals surface area contributed by atoms with E-state index in [-0.39, 0.29) is 0 Å². The first kappa shape index (κ1) is 14.1. The molecule has 2 heteroatoms. The number of rotatable bonds is 5. The highest BCUT2D eigenvalue weighted by Gasteiger charge is 2.01. The maximum absolute atomic E-state index is 5.92. The quantitative estimate of drug-likeness (QED) is 0.604. The van der Waals surface area contributed by atoms with Crippen molar-refractivity contribution in [1.82, 2.24) is 0 Å². The minimum Gasteiger partial charge on any atom is -0.488 e. The van der Waals surface area contributed by atoms with E-state index in [9.17, 15) is 0 Å². The van der Waals surface area contributed by atoms with Crippen molar-refractivity contribution < 1.29 is 4.74 Å². The number of benzene rings is 3. The molecular formula is C20H17NO. The summed E-state index contributed by atoms with van der Waals surface area (Å²) in [5.74, 6) is 0.839. The predicted molar refractivity (Wildman–Crippen MR) is 90.9 cm³/mol. The van der Waals surface area contributed by atoms with Gasteiger partial charge in [0, 0.05) is 11.8 Å². The minimum absolute atomic E-state index is 0.553. The van der Waals surface area contributed by atoms with E-state index >= 15 is 0 Å². The van der Waals surface area contributed by atoms with Gasteiger partial charge < -0.3 is 4.74 Å². The molecule has 0 saturated heterocycles. The smallest absolute Gasteiger partial charge is 0.128 e. The Bertz CT molecular complexity index is 736. The molecule has 0 bridgehead atoms. The number of hydrogen-bond donors (Lipinski definition) is 0. The molecule has 0 heterocycles. The van der Waals surface area contributed by atoms with Crippen LogP contribution >= 0.6 is 0 Å². The molecule has 0 aromatic heterocycles. The Labute approximate surface area is 130 Å². The van der Waals surface area contributed by atoms with Crippen molar-refractivity contribution in [2.45, 2.75) is 6.61 Å². The summed E-state index contributed by atoms with van der Waals surface area (Å²) >= 11 is 0. The SMILES string of the molecule is C(=Nc1ccccc1)c1ccccc1OCc1ccccc1. The summed E-state index contributed by atoms with van der Waals surface area (Å²) in [5.41, 5.74) is 3.06. The van der Waals surface area contributed by atoms with Gasteiger partial charge in [0.25, 0.3) is 0 Å². The summed E-state index contributed by atoms with van der Waals surface area (Å²) in [4.78, 5) is 4.49. The van der Waals surface area contributed by atoms with E-state index in [1.165, 1.54) is 0 Å². The zero-order valence-corrected chi connectivity index (χ0v) is 12.2. The third-order valence-corrected chi connectivity index (χ3v) is 3.27. The molecule has 0 aliphatic carbocycles. The fraction of sp³-hybridized carbons (Fsp3) is 0.0500. The van der Waals surface area contributed by atoms with Crippen molar-refractivity contribution in [1.29, 1.82) is 0 Å². The third-order valence-electron chi connectivity index (χ3n) is 3.27. The van der Waals surface area contributed by atoms with Crippen LogP contribution in [0.2, 0.25) is 0 Å². The first-order valence-electron chi connectivity index (χ1n) is 7.27. The van der Waals surface area contributed by atoms with Gasteiger partial charge in [-0.05, 0) is 29.8 Å². The maximum atomic E-state index is 5.92. The first-order valence-corrected chi connectivity index (χ1v) is 7.27. The monoisotopic (exact) mass is 287 g/mol. The van der Waals surface area contributed by atoms with Crippen LogP contribution in [0.1, 0.15) is 11.1 Å². The van der Waals surface area contributed by atoms with Gasteiger partial charge in [0.05, 0.1) is 5.69 Å². The molecular weight excluding hydrogens is 270 g/mol. The second-order valence-electron chi connectivity index (χ2n) is 4.91. The zero-order chi connectivity index (χ0) is 15.0. The molecule has 2 nitrogen and oxygen atoms in total. The fourth-order valence-corrected chi connectivity index (χ4v) is 2.11. The van der Waals surface area contributed by atoms with E-state index in [4.69, 9.17) is 4.74 Å². The lowest BCUT2D eigenvalue weighted by Crippen LogP contribution is -1.97. The summed E-state index contributed by atoms with van der Waals surface area (Å²) in [6.45, 7) is 0.553. The number of para-hydroxylation sites is 2. The second kappa shape index (κ2) is 7.23. The Morgan fingerprint density at radius 3 is 2.14 bits per heavy atom. The van der Waals surface area contributed by atoms with Crippen LogP contribution in [0.5, 0.6) is 5.75 Å². The van der Waals surface area contributed by atoms with Crippen molar-refractivity contribution in [3.8, 4) is 5.75 Å². The van der Waals surface area contributed by atoms with Gasteiger partial charge in [-0.1, -0.05) is 60.7 Å². The Morgan fingerprint density at radius 2 is 1.36 bits per heavy atom. The molecule has 0 radical (unpaired) electrons. The minimum atomic E-state index is 0.553. The lowest BCUT2D eigenvalue weighted by molar-refractivity contribution is 0.306. The average molecular weight is 287 g/mol. The van der Waals surface area contributed by atoms with E-state index in [1.54, 1.807) is 0 Å². The van der Waals surface area contributed by atoms with E-state index < -0.39 is 0 Å². The molecule has 22 heavy (non-hydrogen) atoms. The van der Waals surface area contributed by atoms with Gasteiger partial charge in [0.15, 0.2) is 0 Å². The van der Waals surface area contributed by atoms with Crippen molar-refractivity contribution in [3.63, 3.8) is 0 Å².